The zero-order valence-corrected chi connectivity index (χ0v) is 20.4. The van der Waals surface area contributed by atoms with Gasteiger partial charge in [-0.15, -0.1) is 0 Å². The van der Waals surface area contributed by atoms with Crippen LogP contribution in [0.5, 0.6) is 0 Å². The van der Waals surface area contributed by atoms with Gasteiger partial charge in [0.1, 0.15) is 5.82 Å². The van der Waals surface area contributed by atoms with Crippen LogP contribution in [-0.4, -0.2) is 52.8 Å². The number of aryl methyl sites for hydroxylation is 2. The number of benzene rings is 1. The number of sulfonamides is 1. The van der Waals surface area contributed by atoms with Gasteiger partial charge in [-0.3, -0.25) is 9.78 Å². The number of rotatable bonds is 6. The number of pyridine rings is 1. The van der Waals surface area contributed by atoms with Crippen molar-refractivity contribution in [1.29, 1.82) is 0 Å². The number of nitrogens with one attached hydrogen (secondary N) is 1. The summed E-state index contributed by atoms with van der Waals surface area (Å²) < 4.78 is 43.8. The van der Waals surface area contributed by atoms with Gasteiger partial charge in [0.25, 0.3) is 15.9 Å². The van der Waals surface area contributed by atoms with Crippen LogP contribution in [0.1, 0.15) is 34.5 Å². The first-order valence-electron chi connectivity index (χ1n) is 10.8. The first-order valence-corrected chi connectivity index (χ1v) is 12.6. The molecule has 11 heteroatoms. The average Bonchev–Trinajstić information content (AvgIpc) is 3.25. The third-order valence-corrected chi connectivity index (χ3v) is 8.28. The Labute approximate surface area is 202 Å². The number of hydrogen-bond acceptors (Lipinski definition) is 5. The molecule has 1 aliphatic rings. The maximum absolute atomic E-state index is 14.8. The minimum absolute atomic E-state index is 0.0335. The molecule has 0 radical (unpaired) electrons. The topological polar surface area (TPSA) is 97.2 Å². The van der Waals surface area contributed by atoms with Gasteiger partial charge in [-0.1, -0.05) is 17.7 Å². The molecule has 0 unspecified atom stereocenters. The Morgan fingerprint density at radius 1 is 1.24 bits per heavy atom. The molecule has 180 valence electrons. The summed E-state index contributed by atoms with van der Waals surface area (Å²) in [5, 5.41) is 3.16. The lowest BCUT2D eigenvalue weighted by atomic mass is 9.75. The van der Waals surface area contributed by atoms with Crippen molar-refractivity contribution in [3.8, 4) is 0 Å². The molecule has 0 bridgehead atoms. The predicted molar refractivity (Wildman–Crippen MR) is 126 cm³/mol. The number of carbonyl (C=O) groups is 1. The Balaban J connectivity index is 1.57. The van der Waals surface area contributed by atoms with Crippen molar-refractivity contribution >= 4 is 27.5 Å². The average molecular weight is 506 g/mol. The first kappa shape index (κ1) is 24.3. The van der Waals surface area contributed by atoms with Crippen molar-refractivity contribution in [2.75, 3.05) is 19.6 Å². The van der Waals surface area contributed by atoms with E-state index in [1.54, 1.807) is 29.8 Å². The van der Waals surface area contributed by atoms with Crippen LogP contribution in [0.15, 0.2) is 54.1 Å². The lowest BCUT2D eigenvalue weighted by molar-refractivity contribution is 0.0931. The fourth-order valence-corrected chi connectivity index (χ4v) is 5.96. The summed E-state index contributed by atoms with van der Waals surface area (Å²) in [7, 11) is -2.09. The van der Waals surface area contributed by atoms with Crippen LogP contribution in [0, 0.1) is 12.7 Å². The third-order valence-electron chi connectivity index (χ3n) is 6.18. The van der Waals surface area contributed by atoms with E-state index in [0.717, 1.165) is 5.56 Å². The highest BCUT2D eigenvalue weighted by Crippen LogP contribution is 2.37. The van der Waals surface area contributed by atoms with Gasteiger partial charge in [-0.25, -0.2) is 17.8 Å². The molecule has 1 saturated heterocycles. The highest BCUT2D eigenvalue weighted by molar-refractivity contribution is 7.89. The van der Waals surface area contributed by atoms with E-state index in [-0.39, 0.29) is 49.1 Å². The zero-order chi connectivity index (χ0) is 24.5. The summed E-state index contributed by atoms with van der Waals surface area (Å²) in [4.78, 5) is 21.1. The Hall–Kier alpha value is -2.82. The highest BCUT2D eigenvalue weighted by atomic mass is 35.5. The van der Waals surface area contributed by atoms with E-state index in [0.29, 0.717) is 10.6 Å². The molecule has 0 spiro atoms. The van der Waals surface area contributed by atoms with Gasteiger partial charge in [-0.05, 0) is 49.6 Å². The summed E-state index contributed by atoms with van der Waals surface area (Å²) in [6.07, 6.45) is 4.91. The number of halogens is 2. The van der Waals surface area contributed by atoms with E-state index < -0.39 is 21.3 Å². The van der Waals surface area contributed by atoms with E-state index in [4.69, 9.17) is 11.6 Å². The molecule has 4 rings (SSSR count). The summed E-state index contributed by atoms with van der Waals surface area (Å²) in [6.45, 7) is 2.23. The molecule has 8 nitrogen and oxygen atoms in total. The second-order valence-electron chi connectivity index (χ2n) is 8.56. The largest absolute Gasteiger partial charge is 0.351 e. The molecule has 1 aromatic carbocycles. The highest BCUT2D eigenvalue weighted by Gasteiger charge is 2.43. The van der Waals surface area contributed by atoms with Gasteiger partial charge < -0.3 is 9.88 Å². The zero-order valence-electron chi connectivity index (χ0n) is 18.8. The Kier molecular flexibility index (Phi) is 6.75. The summed E-state index contributed by atoms with van der Waals surface area (Å²) in [5.74, 6) is -0.879. The van der Waals surface area contributed by atoms with Crippen LogP contribution in [0.25, 0.3) is 0 Å². The molecule has 1 N–H and O–H groups in total. The van der Waals surface area contributed by atoms with Crippen LogP contribution < -0.4 is 5.32 Å². The fraction of sp³-hybridized carbons (Fsp3) is 0.348. The second-order valence-corrected chi connectivity index (χ2v) is 10.9. The minimum atomic E-state index is -3.79. The molecule has 0 atom stereocenters. The number of amides is 1. The molecule has 3 aromatic rings. The number of aromatic nitrogens is 3. The monoisotopic (exact) mass is 505 g/mol. The quantitative estimate of drug-likeness (QED) is 0.555. The summed E-state index contributed by atoms with van der Waals surface area (Å²) >= 11 is 6.24. The number of carbonyl (C=O) groups excluding carboxylic acids is 1. The Morgan fingerprint density at radius 2 is 1.97 bits per heavy atom. The Morgan fingerprint density at radius 3 is 2.59 bits per heavy atom. The molecule has 0 aliphatic carbocycles. The Bertz CT molecular complexity index is 1320. The normalized spacial score (nSPS) is 16.4. The lowest BCUT2D eigenvalue weighted by Crippen LogP contribution is -2.51. The van der Waals surface area contributed by atoms with Crippen molar-refractivity contribution in [3.63, 3.8) is 0 Å². The van der Waals surface area contributed by atoms with Crippen LogP contribution in [0.2, 0.25) is 5.02 Å². The standard InChI is InChI=1S/C23H25ClFN5O3S/c1-16-5-6-17(18(24)12-16)22(31)27-14-23(21-19(25)4-3-9-26-21)7-10-30(11-8-23)34(32,33)20-13-29(2)15-28-20/h3-6,9,12-13,15H,7-8,10-11,14H2,1-2H3,(H,27,31). The SMILES string of the molecule is Cc1ccc(C(=O)NCC2(c3ncccc3F)CCN(S(=O)(=O)c3cn(C)cn3)CC2)c(Cl)c1. The molecule has 0 saturated carbocycles. The van der Waals surface area contributed by atoms with E-state index >= 15 is 0 Å². The van der Waals surface area contributed by atoms with E-state index in [9.17, 15) is 17.6 Å². The van der Waals surface area contributed by atoms with Crippen LogP contribution in [0.4, 0.5) is 4.39 Å². The summed E-state index contributed by atoms with van der Waals surface area (Å²) in [6, 6.07) is 7.95. The van der Waals surface area contributed by atoms with Crippen molar-refractivity contribution in [2.24, 2.45) is 7.05 Å². The lowest BCUT2D eigenvalue weighted by Gasteiger charge is -2.40. The number of nitrogens with zero attached hydrogens (tertiary/aromatic N) is 4. The van der Waals surface area contributed by atoms with Crippen molar-refractivity contribution in [3.05, 3.63) is 76.7 Å². The minimum Gasteiger partial charge on any atom is -0.351 e. The number of hydrogen-bond donors (Lipinski definition) is 1. The second kappa shape index (κ2) is 9.44. The van der Waals surface area contributed by atoms with Gasteiger partial charge in [0.2, 0.25) is 0 Å². The summed E-state index contributed by atoms with van der Waals surface area (Å²) in [5.41, 5.74) is 0.572. The smallest absolute Gasteiger partial charge is 0.262 e. The molecule has 2 aromatic heterocycles. The molecular weight excluding hydrogens is 481 g/mol. The van der Waals surface area contributed by atoms with Gasteiger partial charge in [0, 0.05) is 44.5 Å². The maximum Gasteiger partial charge on any atom is 0.262 e. The van der Waals surface area contributed by atoms with E-state index in [1.807, 2.05) is 6.92 Å². The van der Waals surface area contributed by atoms with Gasteiger partial charge in [0.15, 0.2) is 5.03 Å². The molecule has 1 fully saturated rings. The maximum atomic E-state index is 14.8. The van der Waals surface area contributed by atoms with Crippen LogP contribution in [-0.2, 0) is 22.5 Å². The molecule has 3 heterocycles. The van der Waals surface area contributed by atoms with Crippen LogP contribution >= 0.6 is 11.6 Å². The number of piperidine rings is 1. The van der Waals surface area contributed by atoms with Crippen molar-refractivity contribution < 1.29 is 17.6 Å². The van der Waals surface area contributed by atoms with Gasteiger partial charge in [-0.2, -0.15) is 4.31 Å². The molecular formula is C23H25ClFN5O3S. The third kappa shape index (κ3) is 4.70. The van der Waals surface area contributed by atoms with Crippen molar-refractivity contribution in [2.45, 2.75) is 30.2 Å². The van der Waals surface area contributed by atoms with E-state index in [1.165, 1.54) is 35.2 Å². The molecule has 1 amide bonds. The van der Waals surface area contributed by atoms with Gasteiger partial charge in [0.05, 0.1) is 22.6 Å². The first-order chi connectivity index (χ1) is 16.1. The predicted octanol–water partition coefficient (Wildman–Crippen LogP) is 3.07. The van der Waals surface area contributed by atoms with E-state index in [2.05, 4.69) is 15.3 Å². The molecule has 34 heavy (non-hydrogen) atoms. The number of imidazole rings is 1. The van der Waals surface area contributed by atoms with Crippen molar-refractivity contribution in [1.82, 2.24) is 24.2 Å². The fourth-order valence-electron chi connectivity index (χ4n) is 4.23. The molecule has 1 aliphatic heterocycles. The van der Waals surface area contributed by atoms with Crippen LogP contribution in [0.3, 0.4) is 0 Å². The van der Waals surface area contributed by atoms with Gasteiger partial charge >= 0.3 is 0 Å².